The maximum Gasteiger partial charge on any atom is 0.300 e. The molecule has 0 saturated heterocycles. The monoisotopic (exact) mass is 449 g/mol. The van der Waals surface area contributed by atoms with Crippen LogP contribution in [-0.4, -0.2) is 37.8 Å². The molecule has 8 nitrogen and oxygen atoms in total. The Kier molecular flexibility index (Phi) is 13.6. The van der Waals surface area contributed by atoms with Gasteiger partial charge in [-0.1, -0.05) is 42.5 Å². The fraction of sp³-hybridized carbons (Fsp3) is 0.0952. The summed E-state index contributed by atoms with van der Waals surface area (Å²) in [7, 11) is 0. The van der Waals surface area contributed by atoms with E-state index < -0.39 is 11.9 Å². The third-order valence-corrected chi connectivity index (χ3v) is 2.90. The number of hydrazone groups is 1. The van der Waals surface area contributed by atoms with Gasteiger partial charge in [0, 0.05) is 48.9 Å². The molecule has 9 heteroatoms. The Hall–Kier alpha value is -3.55. The summed E-state index contributed by atoms with van der Waals surface area (Å²) in [4.78, 5) is 26.6. The smallest absolute Gasteiger partial charge is 0.300 e. The second-order valence-electron chi connectivity index (χ2n) is 5.41. The number of rotatable bonds is 4. The van der Waals surface area contributed by atoms with Crippen molar-refractivity contribution >= 4 is 23.5 Å². The molecule has 0 bridgehead atoms. The number of nitrogens with one attached hydrogen (secondary N) is 1. The fourth-order valence-corrected chi connectivity index (χ4v) is 1.91. The Balaban J connectivity index is 0.000000808. The molecule has 0 aliphatic rings. The SMILES string of the molecule is CC(=O)O.CC(=O)O.[Mn].c1ccc(/C(=N\Nc2ccccn2)c2ccccn2)cc1. The van der Waals surface area contributed by atoms with Crippen molar-refractivity contribution in [1.29, 1.82) is 0 Å². The number of carboxylic acid groups (broad SMARTS) is 2. The Morgan fingerprint density at radius 2 is 1.30 bits per heavy atom. The Bertz CT molecular complexity index is 847. The molecule has 0 saturated carbocycles. The van der Waals surface area contributed by atoms with E-state index in [1.165, 1.54) is 0 Å². The van der Waals surface area contributed by atoms with Gasteiger partial charge < -0.3 is 10.2 Å². The third-order valence-electron chi connectivity index (χ3n) is 2.90. The molecule has 0 amide bonds. The molecule has 0 fully saturated rings. The summed E-state index contributed by atoms with van der Waals surface area (Å²) in [6, 6.07) is 21.4. The maximum absolute atomic E-state index is 9.00. The molecular formula is C21H22MnN4O4. The molecule has 3 aromatic rings. The second-order valence-corrected chi connectivity index (χ2v) is 5.41. The molecular weight excluding hydrogens is 427 g/mol. The largest absolute Gasteiger partial charge is 0.481 e. The van der Waals surface area contributed by atoms with Crippen LogP contribution < -0.4 is 5.43 Å². The van der Waals surface area contributed by atoms with Gasteiger partial charge in [-0.15, -0.1) is 0 Å². The van der Waals surface area contributed by atoms with Gasteiger partial charge in [0.1, 0.15) is 11.5 Å². The standard InChI is InChI=1S/C17H14N4.2C2H4O2.Mn/c1-2-8-14(9-3-1)17(15-10-4-6-12-18-15)21-20-16-11-5-7-13-19-16;2*1-2(3)4;/h1-13H,(H,19,20);2*1H3,(H,3,4);/b21-17+;;;. The van der Waals surface area contributed by atoms with Crippen LogP contribution in [0.4, 0.5) is 5.82 Å². The molecule has 0 aliphatic heterocycles. The Labute approximate surface area is 185 Å². The molecule has 0 spiro atoms. The number of hydrogen-bond donors (Lipinski definition) is 3. The van der Waals surface area contributed by atoms with E-state index in [2.05, 4.69) is 20.5 Å². The first kappa shape index (κ1) is 26.4. The van der Waals surface area contributed by atoms with Crippen LogP contribution in [0.15, 0.2) is 84.2 Å². The number of pyridine rings is 2. The van der Waals surface area contributed by atoms with Gasteiger partial charge in [-0.05, 0) is 24.3 Å². The number of anilines is 1. The van der Waals surface area contributed by atoms with E-state index >= 15 is 0 Å². The van der Waals surface area contributed by atoms with Crippen molar-refractivity contribution in [3.8, 4) is 0 Å². The first-order valence-corrected chi connectivity index (χ1v) is 8.50. The fourth-order valence-electron chi connectivity index (χ4n) is 1.91. The van der Waals surface area contributed by atoms with E-state index in [4.69, 9.17) is 19.8 Å². The van der Waals surface area contributed by atoms with Crippen LogP contribution >= 0.6 is 0 Å². The van der Waals surface area contributed by atoms with Crippen molar-refractivity contribution in [3.63, 3.8) is 0 Å². The predicted molar refractivity (Wildman–Crippen MR) is 111 cm³/mol. The van der Waals surface area contributed by atoms with E-state index in [1.807, 2.05) is 66.7 Å². The van der Waals surface area contributed by atoms with Crippen LogP contribution in [0, 0.1) is 0 Å². The molecule has 1 radical (unpaired) electrons. The van der Waals surface area contributed by atoms with Crippen LogP contribution in [0.2, 0.25) is 0 Å². The first-order valence-electron chi connectivity index (χ1n) is 8.50. The number of benzene rings is 1. The van der Waals surface area contributed by atoms with Crippen molar-refractivity contribution in [1.82, 2.24) is 9.97 Å². The Morgan fingerprint density at radius 3 is 1.77 bits per heavy atom. The second kappa shape index (κ2) is 15.4. The van der Waals surface area contributed by atoms with Crippen molar-refractivity contribution in [2.75, 3.05) is 5.43 Å². The number of carboxylic acids is 2. The van der Waals surface area contributed by atoms with E-state index in [-0.39, 0.29) is 17.1 Å². The summed E-state index contributed by atoms with van der Waals surface area (Å²) in [5, 5.41) is 19.3. The van der Waals surface area contributed by atoms with Gasteiger partial charge in [0.05, 0.1) is 5.69 Å². The van der Waals surface area contributed by atoms with Gasteiger partial charge in [0.2, 0.25) is 0 Å². The van der Waals surface area contributed by atoms with Crippen LogP contribution in [0.1, 0.15) is 25.1 Å². The zero-order chi connectivity index (χ0) is 21.5. The van der Waals surface area contributed by atoms with Gasteiger partial charge in [-0.2, -0.15) is 5.10 Å². The minimum atomic E-state index is -0.833. The average Bonchev–Trinajstić information content (AvgIpc) is 2.70. The van der Waals surface area contributed by atoms with Crippen molar-refractivity contribution in [3.05, 3.63) is 90.4 Å². The molecule has 1 aromatic carbocycles. The van der Waals surface area contributed by atoms with E-state index in [9.17, 15) is 0 Å². The summed E-state index contributed by atoms with van der Waals surface area (Å²) in [6.45, 7) is 2.17. The number of aromatic nitrogens is 2. The number of nitrogens with zero attached hydrogens (tertiary/aromatic N) is 3. The first-order chi connectivity index (χ1) is 13.9. The zero-order valence-electron chi connectivity index (χ0n) is 16.4. The van der Waals surface area contributed by atoms with Crippen LogP contribution in [0.3, 0.4) is 0 Å². The normalized spacial score (nSPS) is 9.47. The molecule has 2 heterocycles. The molecule has 157 valence electrons. The molecule has 0 aliphatic carbocycles. The van der Waals surface area contributed by atoms with E-state index in [0.29, 0.717) is 5.82 Å². The van der Waals surface area contributed by atoms with Gasteiger partial charge >= 0.3 is 0 Å². The maximum atomic E-state index is 9.00. The molecule has 0 atom stereocenters. The topological polar surface area (TPSA) is 125 Å². The zero-order valence-corrected chi connectivity index (χ0v) is 17.6. The van der Waals surface area contributed by atoms with Crippen molar-refractivity contribution in [2.45, 2.75) is 13.8 Å². The third kappa shape index (κ3) is 12.0. The minimum absolute atomic E-state index is 0. The van der Waals surface area contributed by atoms with Crippen LogP contribution in [-0.2, 0) is 26.7 Å². The quantitative estimate of drug-likeness (QED) is 0.316. The van der Waals surface area contributed by atoms with Gasteiger partial charge in [-0.3, -0.25) is 20.0 Å². The molecule has 3 rings (SSSR count). The van der Waals surface area contributed by atoms with Crippen molar-refractivity contribution < 1.29 is 36.9 Å². The van der Waals surface area contributed by atoms with Gasteiger partial charge in [-0.25, -0.2) is 4.98 Å². The van der Waals surface area contributed by atoms with Gasteiger partial charge in [0.15, 0.2) is 0 Å². The average molecular weight is 449 g/mol. The van der Waals surface area contributed by atoms with Crippen LogP contribution in [0.25, 0.3) is 0 Å². The summed E-state index contributed by atoms with van der Waals surface area (Å²) in [5.74, 6) is -0.970. The summed E-state index contributed by atoms with van der Waals surface area (Å²) in [5.41, 5.74) is 5.57. The molecule has 0 unspecified atom stereocenters. The molecule has 3 N–H and O–H groups in total. The van der Waals surface area contributed by atoms with Crippen molar-refractivity contribution in [2.24, 2.45) is 5.10 Å². The van der Waals surface area contributed by atoms with Gasteiger partial charge in [0.25, 0.3) is 11.9 Å². The molecule has 30 heavy (non-hydrogen) atoms. The predicted octanol–water partition coefficient (Wildman–Crippen LogP) is 3.52. The Morgan fingerprint density at radius 1 is 0.800 bits per heavy atom. The summed E-state index contributed by atoms with van der Waals surface area (Å²) in [6.07, 6.45) is 3.48. The molecule has 2 aromatic heterocycles. The minimum Gasteiger partial charge on any atom is -0.481 e. The van der Waals surface area contributed by atoms with E-state index in [0.717, 1.165) is 30.8 Å². The summed E-state index contributed by atoms with van der Waals surface area (Å²) < 4.78 is 0. The number of hydrogen-bond acceptors (Lipinski definition) is 6. The number of carbonyl (C=O) groups is 2. The summed E-state index contributed by atoms with van der Waals surface area (Å²) >= 11 is 0. The van der Waals surface area contributed by atoms with Crippen LogP contribution in [0.5, 0.6) is 0 Å². The number of aliphatic carboxylic acids is 2. The van der Waals surface area contributed by atoms with E-state index in [1.54, 1.807) is 12.4 Å².